The van der Waals surface area contributed by atoms with Crippen LogP contribution in [0.25, 0.3) is 23.0 Å². The Labute approximate surface area is 205 Å². The van der Waals surface area contributed by atoms with Crippen LogP contribution in [-0.4, -0.2) is 26.6 Å². The fraction of sp³-hybridized carbons (Fsp3) is 0.0455. The average molecular weight is 577 g/mol. The van der Waals surface area contributed by atoms with E-state index in [4.69, 9.17) is 22.1 Å². The van der Waals surface area contributed by atoms with Crippen LogP contribution in [0.2, 0.25) is 0 Å². The van der Waals surface area contributed by atoms with E-state index in [1.807, 2.05) is 54.7 Å². The van der Waals surface area contributed by atoms with Crippen LogP contribution in [-0.2, 0) is 4.79 Å². The number of carbonyl (C=O) groups excluding carboxylic acids is 1. The molecule has 1 amide bonds. The summed E-state index contributed by atoms with van der Waals surface area (Å²) in [6.45, 7) is 4.08. The Balaban J connectivity index is 1.84. The second-order valence-electron chi connectivity index (χ2n) is 6.43. The first-order valence-corrected chi connectivity index (χ1v) is 11.9. The minimum Gasteiger partial charge on any atom is -0.487 e. The van der Waals surface area contributed by atoms with E-state index in [2.05, 4.69) is 43.8 Å². The number of nitrogens with zero attached hydrogens (tertiary/aromatic N) is 2. The van der Waals surface area contributed by atoms with Crippen LogP contribution in [0.3, 0.4) is 0 Å². The number of rotatable bonds is 6. The Morgan fingerprint density at radius 2 is 1.94 bits per heavy atom. The van der Waals surface area contributed by atoms with Gasteiger partial charge in [0, 0.05) is 17.3 Å². The first-order chi connectivity index (χ1) is 15.0. The lowest BCUT2D eigenvalue weighted by molar-refractivity contribution is -0.115. The van der Waals surface area contributed by atoms with Gasteiger partial charge in [-0.05, 0) is 62.2 Å². The third-order valence-electron chi connectivity index (χ3n) is 4.31. The van der Waals surface area contributed by atoms with Crippen LogP contribution in [0, 0.1) is 0 Å². The second kappa shape index (κ2) is 9.52. The van der Waals surface area contributed by atoms with Crippen LogP contribution in [0.4, 0.5) is 0 Å². The van der Waals surface area contributed by atoms with Crippen molar-refractivity contribution in [3.05, 3.63) is 80.7 Å². The highest BCUT2D eigenvalue weighted by Crippen LogP contribution is 2.39. The van der Waals surface area contributed by atoms with Gasteiger partial charge < -0.3 is 10.1 Å². The molecule has 1 aliphatic rings. The molecule has 1 saturated heterocycles. The van der Waals surface area contributed by atoms with Gasteiger partial charge in [0.25, 0.3) is 5.91 Å². The van der Waals surface area contributed by atoms with Gasteiger partial charge in [-0.3, -0.25) is 4.79 Å². The molecule has 1 aromatic heterocycles. The Kier molecular flexibility index (Phi) is 6.76. The Morgan fingerprint density at radius 1 is 1.23 bits per heavy atom. The maximum absolute atomic E-state index is 12.2. The summed E-state index contributed by atoms with van der Waals surface area (Å²) >= 11 is 13.5. The molecule has 1 fully saturated rings. The van der Waals surface area contributed by atoms with Gasteiger partial charge in [0.1, 0.15) is 22.4 Å². The topological polar surface area (TPSA) is 56.1 Å². The molecule has 0 saturated carbocycles. The lowest BCUT2D eigenvalue weighted by Crippen LogP contribution is -2.17. The van der Waals surface area contributed by atoms with Crippen molar-refractivity contribution in [1.82, 2.24) is 15.1 Å². The molecule has 0 aliphatic carbocycles. The monoisotopic (exact) mass is 575 g/mol. The van der Waals surface area contributed by atoms with E-state index in [0.717, 1.165) is 31.5 Å². The summed E-state index contributed by atoms with van der Waals surface area (Å²) in [7, 11) is 0. The molecule has 1 N–H and O–H groups in total. The number of hydrogen-bond donors (Lipinski definition) is 1. The summed E-state index contributed by atoms with van der Waals surface area (Å²) in [5.41, 5.74) is 3.29. The highest BCUT2D eigenvalue weighted by Gasteiger charge is 2.24. The normalized spacial score (nSPS) is 14.7. The predicted molar refractivity (Wildman–Crippen MR) is 136 cm³/mol. The predicted octanol–water partition coefficient (Wildman–Crippen LogP) is 6.12. The number of hydrogen-bond acceptors (Lipinski definition) is 5. The van der Waals surface area contributed by atoms with Gasteiger partial charge in [-0.2, -0.15) is 5.10 Å². The van der Waals surface area contributed by atoms with Crippen molar-refractivity contribution >= 4 is 72.1 Å². The number of thiocarbonyl (C=S) groups is 1. The third-order valence-corrected chi connectivity index (χ3v) is 6.65. The summed E-state index contributed by atoms with van der Waals surface area (Å²) in [6, 6.07) is 13.7. The number of ether oxygens (including phenoxy) is 1. The zero-order valence-corrected chi connectivity index (χ0v) is 20.8. The molecular weight excluding hydrogens is 562 g/mol. The molecule has 0 radical (unpaired) electrons. The smallest absolute Gasteiger partial charge is 0.263 e. The van der Waals surface area contributed by atoms with E-state index in [9.17, 15) is 4.79 Å². The number of benzene rings is 2. The van der Waals surface area contributed by atoms with Gasteiger partial charge >= 0.3 is 0 Å². The number of halogens is 2. The molecule has 4 rings (SSSR count). The Morgan fingerprint density at radius 3 is 2.55 bits per heavy atom. The zero-order chi connectivity index (χ0) is 22.0. The average Bonchev–Trinajstić information content (AvgIpc) is 3.31. The maximum atomic E-state index is 12.2. The third kappa shape index (κ3) is 4.85. The van der Waals surface area contributed by atoms with Crippen LogP contribution in [0.15, 0.2) is 75.2 Å². The van der Waals surface area contributed by atoms with Crippen molar-refractivity contribution in [3.63, 3.8) is 0 Å². The van der Waals surface area contributed by atoms with Crippen LogP contribution in [0.1, 0.15) is 5.56 Å². The second-order valence-corrected chi connectivity index (χ2v) is 9.86. The van der Waals surface area contributed by atoms with Crippen LogP contribution < -0.4 is 10.1 Å². The van der Waals surface area contributed by atoms with E-state index in [1.165, 1.54) is 11.8 Å². The molecule has 2 heterocycles. The van der Waals surface area contributed by atoms with Crippen molar-refractivity contribution in [2.24, 2.45) is 0 Å². The first-order valence-electron chi connectivity index (χ1n) is 9.09. The minimum absolute atomic E-state index is 0.205. The van der Waals surface area contributed by atoms with E-state index >= 15 is 0 Å². The zero-order valence-electron chi connectivity index (χ0n) is 16.0. The highest BCUT2D eigenvalue weighted by atomic mass is 79.9. The quantitative estimate of drug-likeness (QED) is 0.218. The summed E-state index contributed by atoms with van der Waals surface area (Å²) < 4.78 is 9.52. The van der Waals surface area contributed by atoms with Crippen LogP contribution >= 0.6 is 55.8 Å². The van der Waals surface area contributed by atoms with Gasteiger partial charge in [-0.25, -0.2) is 4.68 Å². The summed E-state index contributed by atoms with van der Waals surface area (Å²) in [5, 5.41) is 7.46. The van der Waals surface area contributed by atoms with E-state index in [0.29, 0.717) is 21.6 Å². The molecule has 0 unspecified atom stereocenters. The molecule has 0 atom stereocenters. The lowest BCUT2D eigenvalue weighted by Gasteiger charge is -2.10. The molecule has 1 aliphatic heterocycles. The highest BCUT2D eigenvalue weighted by molar-refractivity contribution is 9.11. The standard InChI is InChI=1S/C22H15Br2N3O2S2/c1-2-8-29-20-16(23)9-13(10-17(20)24)19-14(11-18-21(28)25-22(30)31-18)12-27(26-19)15-6-4-3-5-7-15/h2-7,9-12H,1,8H2,(H,25,28,30)/b18-11-. The number of aromatic nitrogens is 2. The number of thioether (sulfide) groups is 1. The number of nitrogens with one attached hydrogen (secondary N) is 1. The van der Waals surface area contributed by atoms with E-state index < -0.39 is 0 Å². The number of carbonyl (C=O) groups is 1. The van der Waals surface area contributed by atoms with Crippen molar-refractivity contribution < 1.29 is 9.53 Å². The number of amides is 1. The molecular formula is C22H15Br2N3O2S2. The van der Waals surface area contributed by atoms with Crippen molar-refractivity contribution in [3.8, 4) is 22.7 Å². The molecule has 0 bridgehead atoms. The first kappa shape index (κ1) is 22.0. The van der Waals surface area contributed by atoms with Gasteiger partial charge in [-0.1, -0.05) is 54.8 Å². The summed E-state index contributed by atoms with van der Waals surface area (Å²) in [5.74, 6) is 0.478. The van der Waals surface area contributed by atoms with Crippen molar-refractivity contribution in [2.75, 3.05) is 6.61 Å². The maximum Gasteiger partial charge on any atom is 0.263 e. The van der Waals surface area contributed by atoms with Crippen molar-refractivity contribution in [2.45, 2.75) is 0 Å². The fourth-order valence-electron chi connectivity index (χ4n) is 2.97. The van der Waals surface area contributed by atoms with Gasteiger partial charge in [0.2, 0.25) is 0 Å². The summed E-state index contributed by atoms with van der Waals surface area (Å²) in [6.07, 6.45) is 5.40. The Hall–Kier alpha value is -2.20. The minimum atomic E-state index is -0.205. The fourth-order valence-corrected chi connectivity index (χ4v) is 5.42. The number of para-hydroxylation sites is 1. The molecule has 3 aromatic rings. The van der Waals surface area contributed by atoms with Crippen molar-refractivity contribution in [1.29, 1.82) is 0 Å². The molecule has 31 heavy (non-hydrogen) atoms. The SMILES string of the molecule is C=CCOc1c(Br)cc(-c2nn(-c3ccccc3)cc2/C=C2\SC(=S)NC2=O)cc1Br. The summed E-state index contributed by atoms with van der Waals surface area (Å²) in [4.78, 5) is 12.7. The van der Waals surface area contributed by atoms with Gasteiger partial charge in [-0.15, -0.1) is 0 Å². The van der Waals surface area contributed by atoms with E-state index in [1.54, 1.807) is 10.8 Å². The largest absolute Gasteiger partial charge is 0.487 e. The Bertz CT molecular complexity index is 1200. The van der Waals surface area contributed by atoms with Crippen LogP contribution in [0.5, 0.6) is 5.75 Å². The molecule has 9 heteroatoms. The molecule has 2 aromatic carbocycles. The molecule has 0 spiro atoms. The van der Waals surface area contributed by atoms with Gasteiger partial charge in [0.15, 0.2) is 0 Å². The van der Waals surface area contributed by atoms with E-state index in [-0.39, 0.29) is 5.91 Å². The van der Waals surface area contributed by atoms with Gasteiger partial charge in [0.05, 0.1) is 19.5 Å². The molecule has 5 nitrogen and oxygen atoms in total. The lowest BCUT2D eigenvalue weighted by atomic mass is 10.1. The molecule has 156 valence electrons.